The minimum atomic E-state index is -0.872. The molecule has 1 aliphatic carbocycles. The third kappa shape index (κ3) is 8.51. The third-order valence-corrected chi connectivity index (χ3v) is 4.84. The number of aromatic carboxylic acids is 1. The number of carbonyl (C=O) groups excluding carboxylic acids is 1. The first-order chi connectivity index (χ1) is 13.5. The molecule has 0 bridgehead atoms. The summed E-state index contributed by atoms with van der Waals surface area (Å²) in [5.41, 5.74) is 4.10. The minimum Gasteiger partial charge on any atom is -0.478 e. The molecule has 0 unspecified atom stereocenters. The lowest BCUT2D eigenvalue weighted by Crippen LogP contribution is -1.96. The average molecular weight is 383 g/mol. The maximum absolute atomic E-state index is 10.9. The average Bonchev–Trinajstić information content (AvgIpc) is 3.24. The van der Waals surface area contributed by atoms with Crippen molar-refractivity contribution in [1.82, 2.24) is 0 Å². The Morgan fingerprint density at radius 3 is 2.07 bits per heavy atom. The third-order valence-electron chi connectivity index (χ3n) is 4.84. The van der Waals surface area contributed by atoms with E-state index in [4.69, 9.17) is 5.11 Å². The number of Topliss-reactive ketones (excluding diaryl/α,β-unsaturated/α-hetero) is 1. The highest BCUT2D eigenvalue weighted by Gasteiger charge is 2.16. The fourth-order valence-corrected chi connectivity index (χ4v) is 3.31. The molecule has 1 aliphatic rings. The van der Waals surface area contributed by atoms with Crippen LogP contribution in [0.4, 0.5) is 0 Å². The van der Waals surface area contributed by atoms with E-state index in [0.717, 1.165) is 17.9 Å². The van der Waals surface area contributed by atoms with Crippen molar-refractivity contribution in [2.75, 3.05) is 0 Å². The van der Waals surface area contributed by atoms with Gasteiger partial charge in [-0.1, -0.05) is 68.7 Å². The predicted octanol–water partition coefficient (Wildman–Crippen LogP) is 6.59. The van der Waals surface area contributed by atoms with Gasteiger partial charge in [-0.3, -0.25) is 0 Å². The summed E-state index contributed by atoms with van der Waals surface area (Å²) in [7, 11) is 0. The summed E-state index contributed by atoms with van der Waals surface area (Å²) in [4.78, 5) is 21.2. The smallest absolute Gasteiger partial charge is 0.335 e. The second kappa shape index (κ2) is 12.9. The summed E-state index contributed by atoms with van der Waals surface area (Å²) in [6, 6.07) is 15.7. The van der Waals surface area contributed by atoms with Crippen LogP contribution in [0.1, 0.15) is 85.8 Å². The first kappa shape index (κ1) is 23.6. The molecule has 1 fully saturated rings. The van der Waals surface area contributed by atoms with Crippen LogP contribution in [0.25, 0.3) is 0 Å². The number of benzene rings is 2. The lowest BCUT2D eigenvalue weighted by atomic mass is 9.96. The molecule has 0 aliphatic heterocycles. The molecule has 0 amide bonds. The zero-order chi connectivity index (χ0) is 20.9. The van der Waals surface area contributed by atoms with E-state index < -0.39 is 5.97 Å². The molecule has 2 aromatic carbocycles. The van der Waals surface area contributed by atoms with E-state index >= 15 is 0 Å². The molecule has 0 spiro atoms. The van der Waals surface area contributed by atoms with Crippen molar-refractivity contribution in [3.8, 4) is 0 Å². The van der Waals surface area contributed by atoms with E-state index in [9.17, 15) is 9.59 Å². The van der Waals surface area contributed by atoms with Crippen LogP contribution in [0.3, 0.4) is 0 Å². The van der Waals surface area contributed by atoms with Gasteiger partial charge in [-0.2, -0.15) is 0 Å². The first-order valence-electron chi connectivity index (χ1n) is 10.3. The van der Waals surface area contributed by atoms with E-state index in [-0.39, 0.29) is 5.78 Å². The van der Waals surface area contributed by atoms with Gasteiger partial charge < -0.3 is 9.90 Å². The highest BCUT2D eigenvalue weighted by molar-refractivity contribution is 5.87. The molecule has 3 rings (SSSR count). The van der Waals surface area contributed by atoms with E-state index in [1.165, 1.54) is 36.8 Å². The highest BCUT2D eigenvalue weighted by Crippen LogP contribution is 2.33. The second-order valence-corrected chi connectivity index (χ2v) is 7.10. The Bertz CT molecular complexity index is 726. The Balaban J connectivity index is 0.000000281. The molecule has 0 atom stereocenters. The Labute approximate surface area is 169 Å². The summed E-state index contributed by atoms with van der Waals surface area (Å²) < 4.78 is 0. The SMILES string of the molecule is CC.CC(=O)CCc1ccc(C2CCCC2)cc1.Cc1cccc(C(=O)O)c1. The van der Waals surface area contributed by atoms with Crippen LogP contribution in [-0.4, -0.2) is 16.9 Å². The molecular formula is C25H34O3. The molecular weight excluding hydrogens is 348 g/mol. The van der Waals surface area contributed by atoms with Crippen molar-refractivity contribution >= 4 is 11.8 Å². The quantitative estimate of drug-likeness (QED) is 0.635. The zero-order valence-electron chi connectivity index (χ0n) is 17.7. The Morgan fingerprint density at radius 1 is 1.00 bits per heavy atom. The van der Waals surface area contributed by atoms with E-state index in [0.29, 0.717) is 12.0 Å². The lowest BCUT2D eigenvalue weighted by molar-refractivity contribution is -0.116. The van der Waals surface area contributed by atoms with Crippen LogP contribution in [0.2, 0.25) is 0 Å². The van der Waals surface area contributed by atoms with Gasteiger partial charge in [0, 0.05) is 6.42 Å². The molecule has 0 heterocycles. The summed E-state index contributed by atoms with van der Waals surface area (Å²) in [6.45, 7) is 7.53. The van der Waals surface area contributed by atoms with Crippen LogP contribution in [0.5, 0.6) is 0 Å². The first-order valence-corrected chi connectivity index (χ1v) is 10.3. The zero-order valence-corrected chi connectivity index (χ0v) is 17.7. The number of rotatable bonds is 5. The predicted molar refractivity (Wildman–Crippen MR) is 116 cm³/mol. The van der Waals surface area contributed by atoms with E-state index in [1.54, 1.807) is 25.1 Å². The molecule has 3 nitrogen and oxygen atoms in total. The molecule has 0 aromatic heterocycles. The van der Waals surface area contributed by atoms with Crippen molar-refractivity contribution in [3.05, 3.63) is 70.8 Å². The number of carboxylic acids is 1. The molecule has 1 N–H and O–H groups in total. The van der Waals surface area contributed by atoms with Gasteiger partial charge in [0.25, 0.3) is 0 Å². The second-order valence-electron chi connectivity index (χ2n) is 7.10. The molecule has 0 saturated heterocycles. The van der Waals surface area contributed by atoms with Crippen LogP contribution in [-0.2, 0) is 11.2 Å². The summed E-state index contributed by atoms with van der Waals surface area (Å²) in [5.74, 6) is 0.199. The lowest BCUT2D eigenvalue weighted by Gasteiger charge is -2.09. The fraction of sp³-hybridized carbons (Fsp3) is 0.440. The standard InChI is InChI=1S/C15H20O.C8H8O2.C2H6/c1-12(16)6-7-13-8-10-15(11-9-13)14-4-2-3-5-14;1-6-3-2-4-7(5-6)8(9)10;1-2/h8-11,14H,2-7H2,1H3;2-5H,1H3,(H,9,10);1-2H3. The maximum Gasteiger partial charge on any atom is 0.335 e. The van der Waals surface area contributed by atoms with Crippen LogP contribution < -0.4 is 0 Å². The van der Waals surface area contributed by atoms with E-state index in [2.05, 4.69) is 24.3 Å². The minimum absolute atomic E-state index is 0.278. The number of carbonyl (C=O) groups is 2. The largest absolute Gasteiger partial charge is 0.478 e. The Kier molecular flexibility index (Phi) is 10.9. The van der Waals surface area contributed by atoms with Gasteiger partial charge in [0.1, 0.15) is 5.78 Å². The highest BCUT2D eigenvalue weighted by atomic mass is 16.4. The topological polar surface area (TPSA) is 54.4 Å². The van der Waals surface area contributed by atoms with Crippen molar-refractivity contribution in [3.63, 3.8) is 0 Å². The monoisotopic (exact) mass is 382 g/mol. The van der Waals surface area contributed by atoms with Crippen LogP contribution in [0.15, 0.2) is 48.5 Å². The molecule has 1 saturated carbocycles. The normalized spacial score (nSPS) is 13.0. The Morgan fingerprint density at radius 2 is 1.61 bits per heavy atom. The van der Waals surface area contributed by atoms with Gasteiger partial charge in [0.15, 0.2) is 0 Å². The van der Waals surface area contributed by atoms with Crippen LogP contribution in [0, 0.1) is 6.92 Å². The van der Waals surface area contributed by atoms with Crippen molar-refractivity contribution in [2.45, 2.75) is 72.1 Å². The van der Waals surface area contributed by atoms with Gasteiger partial charge in [0.05, 0.1) is 5.56 Å². The van der Waals surface area contributed by atoms with Crippen molar-refractivity contribution in [1.29, 1.82) is 0 Å². The van der Waals surface area contributed by atoms with Gasteiger partial charge in [-0.25, -0.2) is 4.79 Å². The summed E-state index contributed by atoms with van der Waals surface area (Å²) in [6.07, 6.45) is 7.04. The van der Waals surface area contributed by atoms with Crippen molar-refractivity contribution in [2.24, 2.45) is 0 Å². The molecule has 28 heavy (non-hydrogen) atoms. The maximum atomic E-state index is 10.9. The van der Waals surface area contributed by atoms with Crippen LogP contribution >= 0.6 is 0 Å². The number of hydrogen-bond acceptors (Lipinski definition) is 2. The number of ketones is 1. The number of carboxylic acid groups (broad SMARTS) is 1. The molecule has 2 aromatic rings. The Hall–Kier alpha value is -2.42. The summed E-state index contributed by atoms with van der Waals surface area (Å²) in [5, 5.41) is 8.51. The van der Waals surface area contributed by atoms with E-state index in [1.807, 2.05) is 26.8 Å². The van der Waals surface area contributed by atoms with Gasteiger partial charge in [-0.05, 0) is 62.3 Å². The number of aryl methyl sites for hydroxylation is 2. The number of hydrogen-bond donors (Lipinski definition) is 1. The molecule has 0 radical (unpaired) electrons. The van der Waals surface area contributed by atoms with Gasteiger partial charge in [-0.15, -0.1) is 0 Å². The van der Waals surface area contributed by atoms with Gasteiger partial charge >= 0.3 is 5.97 Å². The van der Waals surface area contributed by atoms with Gasteiger partial charge in [0.2, 0.25) is 0 Å². The summed E-state index contributed by atoms with van der Waals surface area (Å²) >= 11 is 0. The van der Waals surface area contributed by atoms with Crippen molar-refractivity contribution < 1.29 is 14.7 Å². The molecule has 152 valence electrons. The molecule has 3 heteroatoms. The fourth-order valence-electron chi connectivity index (χ4n) is 3.31.